The zero-order valence-corrected chi connectivity index (χ0v) is 11.6. The molecule has 4 aromatic rings. The molecule has 7 heteroatoms. The van der Waals surface area contributed by atoms with Gasteiger partial charge in [-0.15, -0.1) is 0 Å². The Morgan fingerprint density at radius 1 is 1.23 bits per heavy atom. The van der Waals surface area contributed by atoms with Gasteiger partial charge < -0.3 is 0 Å². The normalized spacial score (nSPS) is 11.4. The first kappa shape index (κ1) is 12.6. The lowest BCUT2D eigenvalue weighted by Crippen LogP contribution is -2.20. The topological polar surface area (TPSA) is 65.1 Å². The average Bonchev–Trinajstić information content (AvgIpc) is 2.95. The molecule has 6 nitrogen and oxygen atoms in total. The van der Waals surface area contributed by atoms with Crippen molar-refractivity contribution in [2.45, 2.75) is 6.92 Å². The van der Waals surface area contributed by atoms with Crippen molar-refractivity contribution in [3.63, 3.8) is 0 Å². The van der Waals surface area contributed by atoms with E-state index in [1.807, 2.05) is 0 Å². The SMILES string of the molecule is Cc1nc2ncnn2c2ccn(-c3cccc(F)c3)c(=O)c12. The van der Waals surface area contributed by atoms with E-state index in [-0.39, 0.29) is 5.56 Å². The van der Waals surface area contributed by atoms with Crippen molar-refractivity contribution in [3.05, 3.63) is 64.7 Å². The van der Waals surface area contributed by atoms with Gasteiger partial charge in [0.2, 0.25) is 0 Å². The highest BCUT2D eigenvalue weighted by Crippen LogP contribution is 2.15. The maximum atomic E-state index is 13.4. The van der Waals surface area contributed by atoms with E-state index in [1.54, 1.807) is 31.3 Å². The molecule has 0 N–H and O–H groups in total. The van der Waals surface area contributed by atoms with Crippen LogP contribution in [0.4, 0.5) is 4.39 Å². The number of halogens is 1. The summed E-state index contributed by atoms with van der Waals surface area (Å²) in [6, 6.07) is 7.63. The van der Waals surface area contributed by atoms with Crippen molar-refractivity contribution in [1.82, 2.24) is 24.1 Å². The van der Waals surface area contributed by atoms with Gasteiger partial charge in [0.1, 0.15) is 12.1 Å². The second-order valence-electron chi connectivity index (χ2n) is 4.90. The Balaban J connectivity index is 2.12. The van der Waals surface area contributed by atoms with E-state index in [0.717, 1.165) is 0 Å². The summed E-state index contributed by atoms with van der Waals surface area (Å²) in [5.41, 5.74) is 1.37. The molecule has 3 heterocycles. The molecule has 0 radical (unpaired) electrons. The van der Waals surface area contributed by atoms with Crippen molar-refractivity contribution in [1.29, 1.82) is 0 Å². The van der Waals surface area contributed by atoms with Crippen molar-refractivity contribution in [2.75, 3.05) is 0 Å². The van der Waals surface area contributed by atoms with Crippen LogP contribution in [0.5, 0.6) is 0 Å². The molecule has 0 aliphatic carbocycles. The molecule has 22 heavy (non-hydrogen) atoms. The fourth-order valence-corrected chi connectivity index (χ4v) is 2.56. The number of fused-ring (bicyclic) bond motifs is 3. The predicted octanol–water partition coefficient (Wildman–Crippen LogP) is 1.88. The number of aryl methyl sites for hydroxylation is 1. The summed E-state index contributed by atoms with van der Waals surface area (Å²) < 4.78 is 16.3. The maximum absolute atomic E-state index is 13.4. The number of aromatic nitrogens is 5. The molecule has 0 aliphatic rings. The minimum atomic E-state index is -0.397. The first-order valence-corrected chi connectivity index (χ1v) is 6.63. The number of pyridine rings is 1. The van der Waals surface area contributed by atoms with E-state index in [4.69, 9.17) is 0 Å². The van der Waals surface area contributed by atoms with Crippen molar-refractivity contribution >= 4 is 16.7 Å². The Kier molecular flexibility index (Phi) is 2.56. The predicted molar refractivity (Wildman–Crippen MR) is 78.6 cm³/mol. The number of hydrogen-bond acceptors (Lipinski definition) is 4. The van der Waals surface area contributed by atoms with Crippen molar-refractivity contribution in [2.24, 2.45) is 0 Å². The third-order valence-electron chi connectivity index (χ3n) is 3.54. The average molecular weight is 295 g/mol. The molecule has 4 rings (SSSR count). The maximum Gasteiger partial charge on any atom is 0.266 e. The Hall–Kier alpha value is -3.09. The zero-order chi connectivity index (χ0) is 15.3. The van der Waals surface area contributed by atoms with Crippen LogP contribution in [0.2, 0.25) is 0 Å². The van der Waals surface area contributed by atoms with E-state index in [1.165, 1.54) is 27.5 Å². The van der Waals surface area contributed by atoms with E-state index in [9.17, 15) is 9.18 Å². The fourth-order valence-electron chi connectivity index (χ4n) is 2.56. The van der Waals surface area contributed by atoms with Gasteiger partial charge in [-0.05, 0) is 31.2 Å². The van der Waals surface area contributed by atoms with Gasteiger partial charge in [-0.3, -0.25) is 9.36 Å². The summed E-state index contributed by atoms with van der Waals surface area (Å²) >= 11 is 0. The Labute approximate surface area is 123 Å². The molecule has 0 atom stereocenters. The number of nitrogens with zero attached hydrogens (tertiary/aromatic N) is 5. The summed E-state index contributed by atoms with van der Waals surface area (Å²) in [7, 11) is 0. The van der Waals surface area contributed by atoms with Crippen LogP contribution in [0.3, 0.4) is 0 Å². The van der Waals surface area contributed by atoms with E-state index in [0.29, 0.717) is 28.1 Å². The Morgan fingerprint density at radius 3 is 2.91 bits per heavy atom. The molecule has 0 amide bonds. The highest BCUT2D eigenvalue weighted by atomic mass is 19.1. The minimum Gasteiger partial charge on any atom is -0.284 e. The lowest BCUT2D eigenvalue weighted by Gasteiger charge is -2.09. The van der Waals surface area contributed by atoms with Gasteiger partial charge >= 0.3 is 0 Å². The monoisotopic (exact) mass is 295 g/mol. The molecular weight excluding hydrogens is 285 g/mol. The summed E-state index contributed by atoms with van der Waals surface area (Å²) in [6.07, 6.45) is 2.99. The third kappa shape index (κ3) is 1.72. The second-order valence-corrected chi connectivity index (χ2v) is 4.90. The first-order chi connectivity index (χ1) is 10.6. The van der Waals surface area contributed by atoms with Gasteiger partial charge in [-0.2, -0.15) is 14.6 Å². The molecule has 3 aromatic heterocycles. The van der Waals surface area contributed by atoms with Crippen LogP contribution in [0.15, 0.2) is 47.7 Å². The molecule has 0 saturated heterocycles. The van der Waals surface area contributed by atoms with Crippen LogP contribution in [0.1, 0.15) is 5.69 Å². The van der Waals surface area contributed by atoms with Crippen molar-refractivity contribution < 1.29 is 4.39 Å². The molecule has 0 unspecified atom stereocenters. The highest BCUT2D eigenvalue weighted by molar-refractivity contribution is 5.82. The van der Waals surface area contributed by atoms with Crippen LogP contribution in [0.25, 0.3) is 22.4 Å². The quantitative estimate of drug-likeness (QED) is 0.538. The van der Waals surface area contributed by atoms with E-state index >= 15 is 0 Å². The van der Waals surface area contributed by atoms with Gasteiger partial charge in [-0.1, -0.05) is 6.07 Å². The number of rotatable bonds is 1. The third-order valence-corrected chi connectivity index (χ3v) is 3.54. The Bertz CT molecular complexity index is 1080. The number of hydrogen-bond donors (Lipinski definition) is 0. The Morgan fingerprint density at radius 2 is 2.09 bits per heavy atom. The second kappa shape index (κ2) is 4.45. The molecule has 0 spiro atoms. The highest BCUT2D eigenvalue weighted by Gasteiger charge is 2.13. The van der Waals surface area contributed by atoms with Crippen molar-refractivity contribution in [3.8, 4) is 5.69 Å². The summed E-state index contributed by atoms with van der Waals surface area (Å²) in [6.45, 7) is 1.74. The molecule has 0 aliphatic heterocycles. The zero-order valence-electron chi connectivity index (χ0n) is 11.6. The van der Waals surface area contributed by atoms with Crippen LogP contribution >= 0.6 is 0 Å². The van der Waals surface area contributed by atoms with Gasteiger partial charge in [0.15, 0.2) is 0 Å². The fraction of sp³-hybridized carbons (Fsp3) is 0.0667. The van der Waals surface area contributed by atoms with Crippen LogP contribution in [-0.4, -0.2) is 24.1 Å². The first-order valence-electron chi connectivity index (χ1n) is 6.63. The standard InChI is InChI=1S/C15H10FN5O/c1-9-13-12(21-15(19-9)17-8-18-21)5-6-20(14(13)22)11-4-2-3-10(16)7-11/h2-8H,1H3. The molecule has 108 valence electrons. The molecular formula is C15H10FN5O. The molecule has 1 aromatic carbocycles. The van der Waals surface area contributed by atoms with Gasteiger partial charge in [0.25, 0.3) is 11.3 Å². The molecule has 0 fully saturated rings. The van der Waals surface area contributed by atoms with Gasteiger partial charge in [0.05, 0.1) is 22.3 Å². The summed E-state index contributed by atoms with van der Waals surface area (Å²) in [5, 5.41) is 4.52. The number of benzene rings is 1. The smallest absolute Gasteiger partial charge is 0.266 e. The van der Waals surface area contributed by atoms with Crippen LogP contribution < -0.4 is 5.56 Å². The van der Waals surface area contributed by atoms with Gasteiger partial charge in [-0.25, -0.2) is 9.37 Å². The molecule has 0 saturated carbocycles. The lowest BCUT2D eigenvalue weighted by atomic mass is 10.2. The largest absolute Gasteiger partial charge is 0.284 e. The molecule has 0 bridgehead atoms. The van der Waals surface area contributed by atoms with E-state index in [2.05, 4.69) is 15.1 Å². The van der Waals surface area contributed by atoms with E-state index < -0.39 is 5.82 Å². The summed E-state index contributed by atoms with van der Waals surface area (Å²) in [5.74, 6) is 0.0407. The minimum absolute atomic E-state index is 0.273. The lowest BCUT2D eigenvalue weighted by molar-refractivity contribution is 0.626. The summed E-state index contributed by atoms with van der Waals surface area (Å²) in [4.78, 5) is 21.1. The van der Waals surface area contributed by atoms with Gasteiger partial charge in [0, 0.05) is 6.20 Å². The van der Waals surface area contributed by atoms with Crippen LogP contribution in [-0.2, 0) is 0 Å². The van der Waals surface area contributed by atoms with Crippen LogP contribution in [0, 0.1) is 12.7 Å².